The van der Waals surface area contributed by atoms with Crippen LogP contribution in [0, 0.1) is 11.8 Å². The van der Waals surface area contributed by atoms with Crippen LogP contribution in [-0.2, 0) is 25.7 Å². The zero-order valence-corrected chi connectivity index (χ0v) is 23.0. The second-order valence-corrected chi connectivity index (χ2v) is 11.4. The van der Waals surface area contributed by atoms with Crippen molar-refractivity contribution in [1.29, 1.82) is 0 Å². The molecule has 8 heteroatoms. The van der Waals surface area contributed by atoms with Gasteiger partial charge in [0.1, 0.15) is 0 Å². The number of hydrogen-bond donors (Lipinski definition) is 2. The van der Waals surface area contributed by atoms with Gasteiger partial charge in [-0.2, -0.15) is 0 Å². The maximum atomic E-state index is 13.6. The summed E-state index contributed by atoms with van der Waals surface area (Å²) in [6, 6.07) is 17.8. The van der Waals surface area contributed by atoms with E-state index < -0.39 is 5.97 Å². The molecule has 0 spiro atoms. The third-order valence-corrected chi connectivity index (χ3v) is 8.64. The number of carboxylic acid groups (broad SMARTS) is 1. The van der Waals surface area contributed by atoms with Crippen molar-refractivity contribution in [3.05, 3.63) is 71.3 Å². The smallest absolute Gasteiger partial charge is 0.303 e. The number of hydrogen-bond acceptors (Lipinski definition) is 5. The molecule has 2 amide bonds. The quantitative estimate of drug-likeness (QED) is 0.426. The van der Waals surface area contributed by atoms with E-state index in [2.05, 4.69) is 10.4 Å². The van der Waals surface area contributed by atoms with Gasteiger partial charge in [0.25, 0.3) is 5.91 Å². The number of hydrazone groups is 1. The molecule has 0 saturated heterocycles. The number of ether oxygens (including phenoxy) is 1. The van der Waals surface area contributed by atoms with Crippen molar-refractivity contribution in [1.82, 2.24) is 10.3 Å². The summed E-state index contributed by atoms with van der Waals surface area (Å²) in [5.74, 6) is 0.200. The molecule has 40 heavy (non-hydrogen) atoms. The summed E-state index contributed by atoms with van der Waals surface area (Å²) >= 11 is 0. The Balaban J connectivity index is 1.23. The largest absolute Gasteiger partial charge is 0.481 e. The highest BCUT2D eigenvalue weighted by molar-refractivity contribution is 5.97. The highest BCUT2D eigenvalue weighted by atomic mass is 16.5. The maximum absolute atomic E-state index is 13.6. The first kappa shape index (κ1) is 27.9. The lowest BCUT2D eigenvalue weighted by atomic mass is 9.81. The van der Waals surface area contributed by atoms with E-state index in [0.29, 0.717) is 24.3 Å². The Bertz CT molecular complexity index is 1200. The standard InChI is InChI=1S/C32H39N3O5/c36-28-21-40-32(26-8-2-1-3-9-26)34-35(28)20-23-10-15-25(16-11-23)30(24-6-4-5-7-24)31(39)33-27-17-12-22(13-18-27)14-19-29(37)38/h1-3,8-11,15-16,22,24,27,30H,4-7,12-14,17-21H2,(H,33,39)(H,37,38). The van der Waals surface area contributed by atoms with E-state index in [9.17, 15) is 14.4 Å². The van der Waals surface area contributed by atoms with Crippen molar-refractivity contribution < 1.29 is 24.2 Å². The molecule has 2 fully saturated rings. The average Bonchev–Trinajstić information content (AvgIpc) is 3.50. The maximum Gasteiger partial charge on any atom is 0.303 e. The molecule has 1 unspecified atom stereocenters. The molecular formula is C32H39N3O5. The zero-order valence-electron chi connectivity index (χ0n) is 23.0. The molecule has 3 aliphatic rings. The number of nitrogens with zero attached hydrogens (tertiary/aromatic N) is 2. The topological polar surface area (TPSA) is 108 Å². The van der Waals surface area contributed by atoms with Gasteiger partial charge in [-0.1, -0.05) is 55.3 Å². The fraction of sp³-hybridized carbons (Fsp3) is 0.500. The lowest BCUT2D eigenvalue weighted by molar-refractivity contribution is -0.137. The first-order valence-corrected chi connectivity index (χ1v) is 14.6. The number of carbonyl (C=O) groups is 3. The van der Waals surface area contributed by atoms with Crippen LogP contribution in [-0.4, -0.2) is 46.4 Å². The molecule has 2 aromatic carbocycles. The van der Waals surface area contributed by atoms with Crippen LogP contribution in [0.1, 0.15) is 86.8 Å². The Morgan fingerprint density at radius 2 is 1.68 bits per heavy atom. The Kier molecular flexibility index (Phi) is 9.14. The number of aliphatic carboxylic acids is 1. The van der Waals surface area contributed by atoms with Crippen LogP contribution < -0.4 is 5.32 Å². The molecule has 2 aliphatic carbocycles. The van der Waals surface area contributed by atoms with Gasteiger partial charge >= 0.3 is 5.97 Å². The summed E-state index contributed by atoms with van der Waals surface area (Å²) in [7, 11) is 0. The second-order valence-electron chi connectivity index (χ2n) is 11.4. The zero-order chi connectivity index (χ0) is 27.9. The van der Waals surface area contributed by atoms with Gasteiger partial charge in [-0.3, -0.25) is 14.4 Å². The SMILES string of the molecule is O=C(O)CCC1CCC(NC(=O)C(c2ccc(CN3N=C(c4ccccc4)OCC3=O)cc2)C2CCCC2)CC1. The van der Waals surface area contributed by atoms with Crippen molar-refractivity contribution in [3.8, 4) is 0 Å². The Morgan fingerprint density at radius 3 is 2.35 bits per heavy atom. The minimum Gasteiger partial charge on any atom is -0.481 e. The van der Waals surface area contributed by atoms with E-state index in [4.69, 9.17) is 9.84 Å². The Morgan fingerprint density at radius 1 is 0.975 bits per heavy atom. The van der Waals surface area contributed by atoms with Gasteiger partial charge in [-0.05, 0) is 80.0 Å². The van der Waals surface area contributed by atoms with Gasteiger partial charge in [0.15, 0.2) is 6.61 Å². The van der Waals surface area contributed by atoms with Crippen LogP contribution in [0.2, 0.25) is 0 Å². The summed E-state index contributed by atoms with van der Waals surface area (Å²) in [6.07, 6.45) is 9.12. The molecule has 0 bridgehead atoms. The summed E-state index contributed by atoms with van der Waals surface area (Å²) in [6.45, 7) is 0.293. The number of rotatable bonds is 10. The van der Waals surface area contributed by atoms with Gasteiger partial charge in [0, 0.05) is 18.0 Å². The predicted molar refractivity (Wildman–Crippen MR) is 151 cm³/mol. The monoisotopic (exact) mass is 545 g/mol. The molecule has 8 nitrogen and oxygen atoms in total. The molecule has 1 aliphatic heterocycles. The number of nitrogens with one attached hydrogen (secondary N) is 1. The van der Waals surface area contributed by atoms with E-state index in [1.807, 2.05) is 54.6 Å². The molecule has 212 valence electrons. The van der Waals surface area contributed by atoms with Crippen LogP contribution in [0.4, 0.5) is 0 Å². The van der Waals surface area contributed by atoms with Gasteiger partial charge in [-0.15, -0.1) is 5.10 Å². The molecule has 1 heterocycles. The minimum absolute atomic E-state index is 0.0444. The molecule has 0 aromatic heterocycles. The molecule has 2 aromatic rings. The van der Waals surface area contributed by atoms with Crippen LogP contribution in [0.3, 0.4) is 0 Å². The van der Waals surface area contributed by atoms with Crippen molar-refractivity contribution in [2.24, 2.45) is 16.9 Å². The van der Waals surface area contributed by atoms with E-state index >= 15 is 0 Å². The number of carbonyl (C=O) groups excluding carboxylic acids is 2. The van der Waals surface area contributed by atoms with Crippen molar-refractivity contribution in [2.45, 2.75) is 82.7 Å². The van der Waals surface area contributed by atoms with E-state index in [0.717, 1.165) is 74.5 Å². The first-order valence-electron chi connectivity index (χ1n) is 14.6. The van der Waals surface area contributed by atoms with E-state index in [-0.39, 0.29) is 36.8 Å². The lowest BCUT2D eigenvalue weighted by Gasteiger charge is -2.31. The highest BCUT2D eigenvalue weighted by Crippen LogP contribution is 2.38. The minimum atomic E-state index is -0.734. The summed E-state index contributed by atoms with van der Waals surface area (Å²) in [5.41, 5.74) is 2.79. The van der Waals surface area contributed by atoms with Gasteiger partial charge in [-0.25, -0.2) is 5.01 Å². The second kappa shape index (κ2) is 13.1. The van der Waals surface area contributed by atoms with E-state index in [1.165, 1.54) is 5.01 Å². The van der Waals surface area contributed by atoms with Crippen LogP contribution in [0.5, 0.6) is 0 Å². The Hall–Kier alpha value is -3.68. The molecule has 5 rings (SSSR count). The van der Waals surface area contributed by atoms with Crippen LogP contribution >= 0.6 is 0 Å². The first-order chi connectivity index (χ1) is 19.5. The summed E-state index contributed by atoms with van der Waals surface area (Å²) in [5, 5.41) is 18.2. The average molecular weight is 546 g/mol. The molecule has 0 radical (unpaired) electrons. The molecule has 1 atom stereocenters. The van der Waals surface area contributed by atoms with E-state index in [1.54, 1.807) is 0 Å². The fourth-order valence-corrected chi connectivity index (χ4v) is 6.39. The fourth-order valence-electron chi connectivity index (χ4n) is 6.39. The number of carboxylic acids is 1. The van der Waals surface area contributed by atoms with Gasteiger partial charge < -0.3 is 15.2 Å². The third kappa shape index (κ3) is 7.09. The van der Waals surface area contributed by atoms with Gasteiger partial charge in [0.05, 0.1) is 12.5 Å². The Labute approximate surface area is 235 Å². The van der Waals surface area contributed by atoms with Gasteiger partial charge in [0.2, 0.25) is 11.8 Å². The lowest BCUT2D eigenvalue weighted by Crippen LogP contribution is -2.41. The molecular weight excluding hydrogens is 506 g/mol. The summed E-state index contributed by atoms with van der Waals surface area (Å²) < 4.78 is 5.56. The number of amides is 2. The molecule has 2 N–H and O–H groups in total. The van der Waals surface area contributed by atoms with Crippen molar-refractivity contribution in [2.75, 3.05) is 6.61 Å². The van der Waals surface area contributed by atoms with Crippen LogP contribution in [0.15, 0.2) is 59.7 Å². The van der Waals surface area contributed by atoms with Crippen molar-refractivity contribution >= 4 is 23.7 Å². The normalized spacial score (nSPS) is 22.4. The van der Waals surface area contributed by atoms with Crippen molar-refractivity contribution in [3.63, 3.8) is 0 Å². The van der Waals surface area contributed by atoms with Crippen LogP contribution in [0.25, 0.3) is 0 Å². The number of benzene rings is 2. The third-order valence-electron chi connectivity index (χ3n) is 8.64. The molecule has 2 saturated carbocycles. The predicted octanol–water partition coefficient (Wildman–Crippen LogP) is 5.22. The highest BCUT2D eigenvalue weighted by Gasteiger charge is 2.34. The summed E-state index contributed by atoms with van der Waals surface area (Å²) in [4.78, 5) is 37.0.